The average Bonchev–Trinajstić information content (AvgIpc) is 3.00. The van der Waals surface area contributed by atoms with Gasteiger partial charge in [0.05, 0.1) is 5.39 Å². The Morgan fingerprint density at radius 2 is 1.67 bits per heavy atom. The number of fused-ring (bicyclic) bond motifs is 1. The molecule has 0 atom stereocenters. The molecule has 0 unspecified atom stereocenters. The van der Waals surface area contributed by atoms with Crippen molar-refractivity contribution in [2.75, 3.05) is 5.32 Å². The van der Waals surface area contributed by atoms with Gasteiger partial charge in [-0.3, -0.25) is 0 Å². The lowest BCUT2D eigenvalue weighted by molar-refractivity contribution is 0.475. The summed E-state index contributed by atoms with van der Waals surface area (Å²) in [4.78, 5) is 11.2. The van der Waals surface area contributed by atoms with Gasteiger partial charge in [0.2, 0.25) is 0 Å². The molecule has 0 saturated heterocycles. The maximum Gasteiger partial charge on any atom is 0.143 e. The molecule has 0 radical (unpaired) electrons. The Hall–Kier alpha value is -2.92. The first-order valence-electron chi connectivity index (χ1n) is 8.93. The van der Waals surface area contributed by atoms with E-state index in [1.165, 1.54) is 21.6 Å². The lowest BCUT2D eigenvalue weighted by Crippen LogP contribution is -1.95. The summed E-state index contributed by atoms with van der Waals surface area (Å²) in [7, 11) is 0. The summed E-state index contributed by atoms with van der Waals surface area (Å²) < 4.78 is 0. The molecule has 0 aliphatic rings. The van der Waals surface area contributed by atoms with Gasteiger partial charge in [0.25, 0.3) is 0 Å². The number of nitrogens with one attached hydrogen (secondary N) is 1. The van der Waals surface area contributed by atoms with Gasteiger partial charge in [0.1, 0.15) is 22.7 Å². The molecular formula is C22H21N3OS. The second-order valence-corrected chi connectivity index (χ2v) is 8.09. The molecule has 0 aliphatic heterocycles. The van der Waals surface area contributed by atoms with E-state index >= 15 is 0 Å². The lowest BCUT2D eigenvalue weighted by Gasteiger charge is -2.10. The highest BCUT2D eigenvalue weighted by molar-refractivity contribution is 7.19. The van der Waals surface area contributed by atoms with Gasteiger partial charge in [-0.25, -0.2) is 9.97 Å². The second kappa shape index (κ2) is 7.00. The van der Waals surface area contributed by atoms with Crippen LogP contribution in [0.3, 0.4) is 0 Å². The molecule has 0 fully saturated rings. The highest BCUT2D eigenvalue weighted by Crippen LogP contribution is 2.41. The smallest absolute Gasteiger partial charge is 0.143 e. The molecule has 136 valence electrons. The molecule has 2 heterocycles. The fourth-order valence-corrected chi connectivity index (χ4v) is 4.22. The molecule has 0 amide bonds. The number of benzene rings is 2. The Balaban J connectivity index is 1.83. The summed E-state index contributed by atoms with van der Waals surface area (Å²) in [6.07, 6.45) is 1.59. The Kier molecular flexibility index (Phi) is 4.54. The minimum atomic E-state index is 0.241. The van der Waals surface area contributed by atoms with Crippen molar-refractivity contribution >= 4 is 33.1 Å². The fraction of sp³-hybridized carbons (Fsp3) is 0.182. The van der Waals surface area contributed by atoms with E-state index in [1.807, 2.05) is 12.1 Å². The van der Waals surface area contributed by atoms with Gasteiger partial charge in [-0.05, 0) is 48.2 Å². The van der Waals surface area contributed by atoms with Crippen molar-refractivity contribution in [2.45, 2.75) is 26.7 Å². The van der Waals surface area contributed by atoms with Crippen molar-refractivity contribution in [1.82, 2.24) is 9.97 Å². The number of phenols is 1. The van der Waals surface area contributed by atoms with Crippen LogP contribution in [0.15, 0.2) is 54.9 Å². The first-order chi connectivity index (χ1) is 13.0. The zero-order valence-electron chi connectivity index (χ0n) is 15.5. The van der Waals surface area contributed by atoms with Gasteiger partial charge in [0, 0.05) is 16.1 Å². The van der Waals surface area contributed by atoms with Crippen molar-refractivity contribution in [3.8, 4) is 16.9 Å². The number of aromatic hydroxyl groups is 1. The highest BCUT2D eigenvalue weighted by atomic mass is 32.1. The minimum Gasteiger partial charge on any atom is -0.508 e. The molecule has 0 saturated carbocycles. The van der Waals surface area contributed by atoms with Crippen molar-refractivity contribution in [3.05, 3.63) is 65.3 Å². The third-order valence-corrected chi connectivity index (χ3v) is 5.67. The summed E-state index contributed by atoms with van der Waals surface area (Å²) in [5.41, 5.74) is 4.55. The van der Waals surface area contributed by atoms with Crippen LogP contribution in [0.5, 0.6) is 5.75 Å². The van der Waals surface area contributed by atoms with Crippen LogP contribution in [-0.2, 0) is 0 Å². The average molecular weight is 375 g/mol. The van der Waals surface area contributed by atoms with Crippen LogP contribution in [0.1, 0.15) is 30.2 Å². The summed E-state index contributed by atoms with van der Waals surface area (Å²) >= 11 is 1.68. The molecule has 5 heteroatoms. The van der Waals surface area contributed by atoms with Crippen molar-refractivity contribution < 1.29 is 5.11 Å². The minimum absolute atomic E-state index is 0.241. The lowest BCUT2D eigenvalue weighted by atomic mass is 9.98. The zero-order valence-corrected chi connectivity index (χ0v) is 16.3. The quantitative estimate of drug-likeness (QED) is 0.415. The van der Waals surface area contributed by atoms with Crippen molar-refractivity contribution in [2.24, 2.45) is 0 Å². The number of phenolic OH excluding ortho intramolecular Hbond substituents is 1. The molecule has 0 spiro atoms. The molecule has 27 heavy (non-hydrogen) atoms. The number of hydrogen-bond donors (Lipinski definition) is 2. The number of nitrogens with zero attached hydrogens (tertiary/aromatic N) is 2. The van der Waals surface area contributed by atoms with E-state index in [9.17, 15) is 5.11 Å². The molecule has 2 aromatic carbocycles. The number of rotatable bonds is 4. The molecular weight excluding hydrogens is 354 g/mol. The van der Waals surface area contributed by atoms with E-state index in [-0.39, 0.29) is 5.75 Å². The van der Waals surface area contributed by atoms with Gasteiger partial charge in [-0.1, -0.05) is 38.1 Å². The van der Waals surface area contributed by atoms with Crippen molar-refractivity contribution in [1.29, 1.82) is 0 Å². The Labute approximate surface area is 162 Å². The second-order valence-electron chi connectivity index (χ2n) is 6.88. The third kappa shape index (κ3) is 3.38. The maximum absolute atomic E-state index is 9.50. The van der Waals surface area contributed by atoms with Gasteiger partial charge >= 0.3 is 0 Å². The predicted molar refractivity (Wildman–Crippen MR) is 113 cm³/mol. The topological polar surface area (TPSA) is 58.0 Å². The monoisotopic (exact) mass is 375 g/mol. The van der Waals surface area contributed by atoms with E-state index in [0.29, 0.717) is 5.92 Å². The highest BCUT2D eigenvalue weighted by Gasteiger charge is 2.17. The number of aryl methyl sites for hydroxylation is 1. The van der Waals surface area contributed by atoms with Crippen LogP contribution in [0, 0.1) is 6.92 Å². The largest absolute Gasteiger partial charge is 0.508 e. The Morgan fingerprint density at radius 3 is 2.33 bits per heavy atom. The fourth-order valence-electron chi connectivity index (χ4n) is 3.20. The van der Waals surface area contributed by atoms with Crippen LogP contribution in [0.4, 0.5) is 11.5 Å². The molecule has 0 bridgehead atoms. The van der Waals surface area contributed by atoms with Gasteiger partial charge in [-0.2, -0.15) is 0 Å². The summed E-state index contributed by atoms with van der Waals surface area (Å²) in [5, 5.41) is 13.9. The molecule has 4 aromatic rings. The number of thiophene rings is 1. The van der Waals surface area contributed by atoms with Crippen LogP contribution in [-0.4, -0.2) is 15.1 Å². The van der Waals surface area contributed by atoms with Crippen molar-refractivity contribution in [3.63, 3.8) is 0 Å². The Bertz CT molecular complexity index is 1080. The number of aromatic nitrogens is 2. The zero-order chi connectivity index (χ0) is 19.0. The SMILES string of the molecule is Cc1sc2ncnc(Nc3ccc(O)cc3)c2c1-c1ccc(C(C)C)cc1. The molecule has 4 nitrogen and oxygen atoms in total. The van der Waals surface area contributed by atoms with Crippen LogP contribution < -0.4 is 5.32 Å². The van der Waals surface area contributed by atoms with E-state index < -0.39 is 0 Å². The normalized spacial score (nSPS) is 11.3. The number of hydrogen-bond acceptors (Lipinski definition) is 5. The predicted octanol–water partition coefficient (Wildman–Crippen LogP) is 6.24. The standard InChI is InChI=1S/C22H21N3OS/c1-13(2)15-4-6-16(7-5-15)19-14(3)27-22-20(19)21(23-12-24-22)25-17-8-10-18(26)11-9-17/h4-13,26H,1-3H3,(H,23,24,25). The van der Waals surface area contributed by atoms with E-state index in [4.69, 9.17) is 0 Å². The first-order valence-corrected chi connectivity index (χ1v) is 9.75. The van der Waals surface area contributed by atoms with Gasteiger partial charge < -0.3 is 10.4 Å². The molecule has 2 N–H and O–H groups in total. The summed E-state index contributed by atoms with van der Waals surface area (Å²) in [6.45, 7) is 6.53. The van der Waals surface area contributed by atoms with E-state index in [1.54, 1.807) is 29.8 Å². The van der Waals surface area contributed by atoms with Crippen LogP contribution in [0.25, 0.3) is 21.3 Å². The Morgan fingerprint density at radius 1 is 0.963 bits per heavy atom. The van der Waals surface area contributed by atoms with Gasteiger partial charge in [0.15, 0.2) is 0 Å². The number of anilines is 2. The van der Waals surface area contributed by atoms with E-state index in [2.05, 4.69) is 60.3 Å². The molecule has 0 aliphatic carbocycles. The van der Waals surface area contributed by atoms with E-state index in [0.717, 1.165) is 21.7 Å². The van der Waals surface area contributed by atoms with Gasteiger partial charge in [-0.15, -0.1) is 11.3 Å². The molecule has 2 aromatic heterocycles. The summed E-state index contributed by atoms with van der Waals surface area (Å²) in [5.74, 6) is 1.53. The summed E-state index contributed by atoms with van der Waals surface area (Å²) in [6, 6.07) is 15.7. The third-order valence-electron chi connectivity index (χ3n) is 4.66. The maximum atomic E-state index is 9.50. The van der Waals surface area contributed by atoms with Crippen LogP contribution in [0.2, 0.25) is 0 Å². The van der Waals surface area contributed by atoms with Crippen LogP contribution >= 0.6 is 11.3 Å². The first kappa shape index (κ1) is 17.5. The molecule has 4 rings (SSSR count).